The number of carbonyl (C=O) groups is 1. The van der Waals surface area contributed by atoms with Gasteiger partial charge in [-0.05, 0) is 37.3 Å². The molecule has 5 nitrogen and oxygen atoms in total. The van der Waals surface area contributed by atoms with Crippen molar-refractivity contribution in [3.63, 3.8) is 0 Å². The number of carbonyl (C=O) groups excluding carboxylic acids is 1. The predicted octanol–water partition coefficient (Wildman–Crippen LogP) is 2.29. The third-order valence-electron chi connectivity index (χ3n) is 3.07. The van der Waals surface area contributed by atoms with E-state index in [1.54, 1.807) is 12.1 Å². The van der Waals surface area contributed by atoms with E-state index >= 15 is 0 Å². The molecule has 2 rings (SSSR count). The lowest BCUT2D eigenvalue weighted by atomic mass is 10.1. The van der Waals surface area contributed by atoms with Crippen LogP contribution in [0.5, 0.6) is 0 Å². The van der Waals surface area contributed by atoms with Crippen LogP contribution in [0.15, 0.2) is 47.4 Å². The van der Waals surface area contributed by atoms with Crippen LogP contribution in [0.3, 0.4) is 0 Å². The number of sulfonamides is 1. The van der Waals surface area contributed by atoms with E-state index in [1.807, 2.05) is 0 Å². The number of hydrogen-bond donors (Lipinski definition) is 2. The molecular formula is C15H15FN2O3S. The van der Waals surface area contributed by atoms with Crippen LogP contribution >= 0.6 is 0 Å². The fraction of sp³-hybridized carbons (Fsp3) is 0.133. The zero-order chi connectivity index (χ0) is 16.3. The van der Waals surface area contributed by atoms with Crippen LogP contribution in [0.25, 0.3) is 0 Å². The minimum absolute atomic E-state index is 0.0948. The molecule has 2 aromatic carbocycles. The van der Waals surface area contributed by atoms with Crippen molar-refractivity contribution in [1.29, 1.82) is 0 Å². The van der Waals surface area contributed by atoms with Crippen molar-refractivity contribution in [1.82, 2.24) is 0 Å². The minimum atomic E-state index is -3.89. The summed E-state index contributed by atoms with van der Waals surface area (Å²) in [7, 11) is -3.89. The molecule has 2 aromatic rings. The molecule has 22 heavy (non-hydrogen) atoms. The Kier molecular flexibility index (Phi) is 4.58. The van der Waals surface area contributed by atoms with Crippen molar-refractivity contribution in [2.75, 3.05) is 4.72 Å². The highest BCUT2D eigenvalue weighted by molar-refractivity contribution is 7.92. The zero-order valence-electron chi connectivity index (χ0n) is 11.8. The van der Waals surface area contributed by atoms with Crippen LogP contribution in [-0.4, -0.2) is 14.2 Å². The summed E-state index contributed by atoms with van der Waals surface area (Å²) in [5.41, 5.74) is 6.13. The Balaban J connectivity index is 2.35. The van der Waals surface area contributed by atoms with E-state index < -0.39 is 15.8 Å². The molecule has 0 spiro atoms. The number of Topliss-reactive ketones (excluding diaryl/α,β-unsaturated/α-hetero) is 1. The van der Waals surface area contributed by atoms with E-state index in [9.17, 15) is 17.6 Å². The van der Waals surface area contributed by atoms with Crippen molar-refractivity contribution < 1.29 is 17.6 Å². The van der Waals surface area contributed by atoms with E-state index in [0.29, 0.717) is 5.56 Å². The molecule has 116 valence electrons. The Morgan fingerprint density at radius 3 is 2.59 bits per heavy atom. The molecule has 0 fully saturated rings. The topological polar surface area (TPSA) is 89.3 Å². The molecule has 0 aliphatic rings. The van der Waals surface area contributed by atoms with Crippen LogP contribution in [0.1, 0.15) is 22.8 Å². The third-order valence-corrected chi connectivity index (χ3v) is 4.45. The molecular weight excluding hydrogens is 307 g/mol. The second-order valence-electron chi connectivity index (χ2n) is 4.70. The van der Waals surface area contributed by atoms with Gasteiger partial charge in [0.25, 0.3) is 10.0 Å². The van der Waals surface area contributed by atoms with E-state index in [2.05, 4.69) is 4.72 Å². The first-order valence-corrected chi connectivity index (χ1v) is 7.94. The molecule has 0 heterocycles. The Labute approximate surface area is 128 Å². The highest BCUT2D eigenvalue weighted by atomic mass is 32.2. The van der Waals surface area contributed by atoms with Crippen molar-refractivity contribution >= 4 is 21.5 Å². The number of benzene rings is 2. The Morgan fingerprint density at radius 1 is 1.23 bits per heavy atom. The van der Waals surface area contributed by atoms with Crippen molar-refractivity contribution in [3.05, 3.63) is 59.4 Å². The Morgan fingerprint density at radius 2 is 1.95 bits per heavy atom. The predicted molar refractivity (Wildman–Crippen MR) is 81.5 cm³/mol. The fourth-order valence-electron chi connectivity index (χ4n) is 1.89. The van der Waals surface area contributed by atoms with Crippen molar-refractivity contribution in [2.45, 2.75) is 18.4 Å². The van der Waals surface area contributed by atoms with Crippen LogP contribution < -0.4 is 10.5 Å². The summed E-state index contributed by atoms with van der Waals surface area (Å²) in [4.78, 5) is 11.2. The van der Waals surface area contributed by atoms with E-state index in [4.69, 9.17) is 5.73 Å². The molecule has 3 N–H and O–H groups in total. The molecule has 0 aliphatic heterocycles. The molecule has 0 bridgehead atoms. The first-order valence-electron chi connectivity index (χ1n) is 6.46. The molecule has 0 aromatic heterocycles. The number of hydrogen-bond acceptors (Lipinski definition) is 4. The van der Waals surface area contributed by atoms with Gasteiger partial charge >= 0.3 is 0 Å². The highest BCUT2D eigenvalue weighted by Crippen LogP contribution is 2.19. The lowest BCUT2D eigenvalue weighted by Crippen LogP contribution is -2.14. The molecule has 0 unspecified atom stereocenters. The van der Waals surface area contributed by atoms with Crippen LogP contribution in [0.4, 0.5) is 10.1 Å². The molecule has 0 radical (unpaired) electrons. The molecule has 0 saturated carbocycles. The van der Waals surface area contributed by atoms with Gasteiger partial charge in [-0.15, -0.1) is 0 Å². The summed E-state index contributed by atoms with van der Waals surface area (Å²) in [5.74, 6) is -0.728. The monoisotopic (exact) mass is 322 g/mol. The second kappa shape index (κ2) is 6.25. The van der Waals surface area contributed by atoms with Gasteiger partial charge in [-0.3, -0.25) is 9.52 Å². The van der Waals surface area contributed by atoms with Crippen LogP contribution in [-0.2, 0) is 16.6 Å². The third kappa shape index (κ3) is 3.49. The number of rotatable bonds is 5. The lowest BCUT2D eigenvalue weighted by Gasteiger charge is -2.10. The van der Waals surface area contributed by atoms with Gasteiger partial charge in [-0.25, -0.2) is 12.8 Å². The van der Waals surface area contributed by atoms with Crippen molar-refractivity contribution in [3.8, 4) is 0 Å². The summed E-state index contributed by atoms with van der Waals surface area (Å²) in [5, 5.41) is 0. The second-order valence-corrected chi connectivity index (χ2v) is 6.38. The lowest BCUT2D eigenvalue weighted by molar-refractivity contribution is 0.101. The van der Waals surface area contributed by atoms with Crippen LogP contribution in [0, 0.1) is 5.82 Å². The van der Waals surface area contributed by atoms with Gasteiger partial charge in [0.1, 0.15) is 5.82 Å². The van der Waals surface area contributed by atoms with E-state index in [1.165, 1.54) is 25.1 Å². The smallest absolute Gasteiger partial charge is 0.261 e. The summed E-state index contributed by atoms with van der Waals surface area (Å²) >= 11 is 0. The minimum Gasteiger partial charge on any atom is -0.326 e. The first-order chi connectivity index (χ1) is 10.3. The zero-order valence-corrected chi connectivity index (χ0v) is 12.7. The van der Waals surface area contributed by atoms with E-state index in [0.717, 1.165) is 12.1 Å². The summed E-state index contributed by atoms with van der Waals surface area (Å²) in [6.45, 7) is 1.29. The summed E-state index contributed by atoms with van der Waals surface area (Å²) < 4.78 is 40.4. The molecule has 0 saturated heterocycles. The SMILES string of the molecule is CC(=O)c1cccc(NS(=O)(=O)c2ccc(F)c(CN)c2)c1. The molecule has 0 amide bonds. The van der Waals surface area contributed by atoms with Gasteiger partial charge < -0.3 is 5.73 Å². The number of anilines is 1. The average molecular weight is 322 g/mol. The number of nitrogens with one attached hydrogen (secondary N) is 1. The van der Waals surface area contributed by atoms with E-state index in [-0.39, 0.29) is 28.5 Å². The number of halogens is 1. The summed E-state index contributed by atoms with van der Waals surface area (Å²) in [6, 6.07) is 9.53. The first kappa shape index (κ1) is 16.1. The van der Waals surface area contributed by atoms with Gasteiger partial charge in [0.2, 0.25) is 0 Å². The molecule has 0 atom stereocenters. The van der Waals surface area contributed by atoms with Gasteiger partial charge in [0.05, 0.1) is 4.90 Å². The average Bonchev–Trinajstić information content (AvgIpc) is 2.47. The fourth-order valence-corrected chi connectivity index (χ4v) is 2.99. The molecule has 0 aliphatic carbocycles. The maximum absolute atomic E-state index is 13.4. The normalized spacial score (nSPS) is 11.2. The maximum Gasteiger partial charge on any atom is 0.261 e. The van der Waals surface area contributed by atoms with Gasteiger partial charge in [0, 0.05) is 23.4 Å². The van der Waals surface area contributed by atoms with Gasteiger partial charge in [-0.2, -0.15) is 0 Å². The Hall–Kier alpha value is -2.25. The van der Waals surface area contributed by atoms with Crippen molar-refractivity contribution in [2.24, 2.45) is 5.73 Å². The maximum atomic E-state index is 13.4. The van der Waals surface area contributed by atoms with Gasteiger partial charge in [-0.1, -0.05) is 12.1 Å². The van der Waals surface area contributed by atoms with Gasteiger partial charge in [0.15, 0.2) is 5.78 Å². The summed E-state index contributed by atoms with van der Waals surface area (Å²) in [6.07, 6.45) is 0. The number of ketones is 1. The van der Waals surface area contributed by atoms with Crippen LogP contribution in [0.2, 0.25) is 0 Å². The largest absolute Gasteiger partial charge is 0.326 e. The Bertz CT molecular complexity index is 819. The quantitative estimate of drug-likeness (QED) is 0.827. The molecule has 7 heteroatoms. The standard InChI is InChI=1S/C15H15FN2O3S/c1-10(19)11-3-2-4-13(7-11)18-22(20,21)14-5-6-15(16)12(8-14)9-17/h2-8,18H,9,17H2,1H3. The highest BCUT2D eigenvalue weighted by Gasteiger charge is 2.16. The number of nitrogens with two attached hydrogens (primary N) is 1.